The van der Waals surface area contributed by atoms with Crippen LogP contribution in [0.1, 0.15) is 25.7 Å². The molecule has 1 rings (SSSR count). The minimum Gasteiger partial charge on any atom is -0.246 e. The molecule has 5 nitrogen and oxygen atoms in total. The first kappa shape index (κ1) is 16.0. The van der Waals surface area contributed by atoms with Crippen molar-refractivity contribution in [3.8, 4) is 0 Å². The Morgan fingerprint density at radius 1 is 0.750 bits per heavy atom. The Kier molecular flexibility index (Phi) is 6.56. The van der Waals surface area contributed by atoms with E-state index in [2.05, 4.69) is 19.7 Å². The monoisotopic (exact) mass is 277 g/mol. The molecule has 0 saturated heterocycles. The minimum absolute atomic E-state index is 0.245. The summed E-state index contributed by atoms with van der Waals surface area (Å²) in [5, 5.41) is 0. The van der Waals surface area contributed by atoms with Crippen molar-refractivity contribution in [1.82, 2.24) is 13.9 Å². The van der Waals surface area contributed by atoms with Crippen LogP contribution >= 0.6 is 0 Å². The third-order valence-electron chi connectivity index (χ3n) is 3.07. The molecule has 110 valence electrons. The van der Waals surface area contributed by atoms with Gasteiger partial charge in [-0.2, -0.15) is 0 Å². The van der Waals surface area contributed by atoms with Gasteiger partial charge in [-0.15, -0.1) is 19.7 Å². The van der Waals surface area contributed by atoms with E-state index in [-0.39, 0.29) is 11.4 Å². The number of hydrogen-bond donors (Lipinski definition) is 0. The standard InChI is InChI=1S/C15H23N3O2/c1-4-7-10-11-16-14(19)17(12-8-5-2)18(15(16)20)13-9-6-3/h4-6H,1-3,7-13H2. The first-order valence-electron chi connectivity index (χ1n) is 6.90. The molecule has 1 heterocycles. The normalized spacial score (nSPS) is 10.4. The summed E-state index contributed by atoms with van der Waals surface area (Å²) >= 11 is 0. The lowest BCUT2D eigenvalue weighted by Crippen LogP contribution is -2.29. The fourth-order valence-electron chi connectivity index (χ4n) is 2.01. The van der Waals surface area contributed by atoms with Gasteiger partial charge in [0.1, 0.15) is 0 Å². The van der Waals surface area contributed by atoms with Crippen LogP contribution in [-0.2, 0) is 19.6 Å². The van der Waals surface area contributed by atoms with Crippen LogP contribution in [0, 0.1) is 0 Å². The van der Waals surface area contributed by atoms with Crippen molar-refractivity contribution in [3.63, 3.8) is 0 Å². The van der Waals surface area contributed by atoms with Crippen LogP contribution in [0.4, 0.5) is 0 Å². The topological polar surface area (TPSA) is 48.9 Å². The Balaban J connectivity index is 3.11. The van der Waals surface area contributed by atoms with Crippen molar-refractivity contribution in [3.05, 3.63) is 58.9 Å². The van der Waals surface area contributed by atoms with Gasteiger partial charge in [0.25, 0.3) is 0 Å². The van der Waals surface area contributed by atoms with Crippen molar-refractivity contribution in [1.29, 1.82) is 0 Å². The molecule has 0 unspecified atom stereocenters. The molecule has 1 aromatic heterocycles. The van der Waals surface area contributed by atoms with E-state index in [0.717, 1.165) is 12.8 Å². The van der Waals surface area contributed by atoms with E-state index in [4.69, 9.17) is 0 Å². The van der Waals surface area contributed by atoms with Crippen LogP contribution < -0.4 is 11.4 Å². The molecule has 0 spiro atoms. The second kappa shape index (κ2) is 8.19. The van der Waals surface area contributed by atoms with Crippen LogP contribution in [0.3, 0.4) is 0 Å². The summed E-state index contributed by atoms with van der Waals surface area (Å²) in [5.41, 5.74) is -0.491. The van der Waals surface area contributed by atoms with Gasteiger partial charge in [0.05, 0.1) is 0 Å². The van der Waals surface area contributed by atoms with Crippen LogP contribution in [0.2, 0.25) is 0 Å². The molecule has 0 aliphatic rings. The lowest BCUT2D eigenvalue weighted by atomic mass is 10.3. The summed E-state index contributed by atoms with van der Waals surface area (Å²) in [6, 6.07) is 0. The molecule has 1 aromatic rings. The van der Waals surface area contributed by atoms with E-state index in [1.165, 1.54) is 13.9 Å². The summed E-state index contributed by atoms with van der Waals surface area (Å²) < 4.78 is 4.30. The fourth-order valence-corrected chi connectivity index (χ4v) is 2.01. The van der Waals surface area contributed by atoms with Crippen LogP contribution in [0.5, 0.6) is 0 Å². The highest BCUT2D eigenvalue weighted by atomic mass is 16.2. The first-order chi connectivity index (χ1) is 9.67. The molecule has 0 fully saturated rings. The number of rotatable bonds is 10. The molecular formula is C15H23N3O2. The zero-order chi connectivity index (χ0) is 15.0. The number of hydrogen-bond acceptors (Lipinski definition) is 2. The second-order valence-corrected chi connectivity index (χ2v) is 4.55. The van der Waals surface area contributed by atoms with Crippen LogP contribution in [0.25, 0.3) is 0 Å². The average molecular weight is 277 g/mol. The Morgan fingerprint density at radius 3 is 1.60 bits per heavy atom. The van der Waals surface area contributed by atoms with Gasteiger partial charge in [0, 0.05) is 19.6 Å². The summed E-state index contributed by atoms with van der Waals surface area (Å²) in [6.07, 6.45) is 8.11. The quantitative estimate of drug-likeness (QED) is 0.484. The van der Waals surface area contributed by atoms with Gasteiger partial charge in [-0.05, 0) is 25.7 Å². The summed E-state index contributed by atoms with van der Waals surface area (Å²) in [5.74, 6) is 0. The zero-order valence-electron chi connectivity index (χ0n) is 12.0. The lowest BCUT2D eigenvalue weighted by molar-refractivity contribution is 0.440. The molecule has 0 amide bonds. The van der Waals surface area contributed by atoms with E-state index in [9.17, 15) is 9.59 Å². The number of allylic oxidation sites excluding steroid dienone is 3. The summed E-state index contributed by atoms with van der Waals surface area (Å²) in [4.78, 5) is 24.6. The van der Waals surface area contributed by atoms with Crippen molar-refractivity contribution in [2.75, 3.05) is 0 Å². The molecule has 0 aliphatic carbocycles. The molecule has 20 heavy (non-hydrogen) atoms. The van der Waals surface area contributed by atoms with Gasteiger partial charge < -0.3 is 0 Å². The summed E-state index contributed by atoms with van der Waals surface area (Å²) in [6.45, 7) is 12.3. The molecule has 0 bridgehead atoms. The third-order valence-corrected chi connectivity index (χ3v) is 3.07. The highest BCUT2D eigenvalue weighted by Crippen LogP contribution is 1.95. The fraction of sp³-hybridized carbons (Fsp3) is 0.467. The molecule has 0 saturated carbocycles. The highest BCUT2D eigenvalue weighted by Gasteiger charge is 2.14. The first-order valence-corrected chi connectivity index (χ1v) is 6.90. The zero-order valence-corrected chi connectivity index (χ0v) is 12.0. The van der Waals surface area contributed by atoms with Crippen LogP contribution in [0.15, 0.2) is 47.6 Å². The smallest absolute Gasteiger partial charge is 0.246 e. The molecular weight excluding hydrogens is 254 g/mol. The minimum atomic E-state index is -0.245. The lowest BCUT2D eigenvalue weighted by Gasteiger charge is -2.06. The largest absolute Gasteiger partial charge is 0.347 e. The predicted molar refractivity (Wildman–Crippen MR) is 82.0 cm³/mol. The Hall–Kier alpha value is -2.04. The van der Waals surface area contributed by atoms with Crippen LogP contribution in [-0.4, -0.2) is 13.9 Å². The van der Waals surface area contributed by atoms with Crippen molar-refractivity contribution < 1.29 is 0 Å². The van der Waals surface area contributed by atoms with E-state index in [1.807, 2.05) is 0 Å². The highest BCUT2D eigenvalue weighted by molar-refractivity contribution is 4.79. The molecule has 5 heteroatoms. The van der Waals surface area contributed by atoms with E-state index < -0.39 is 0 Å². The maximum atomic E-state index is 12.3. The maximum Gasteiger partial charge on any atom is 0.347 e. The van der Waals surface area contributed by atoms with Gasteiger partial charge in [0.15, 0.2) is 0 Å². The Labute approximate surface area is 119 Å². The van der Waals surface area contributed by atoms with E-state index >= 15 is 0 Å². The van der Waals surface area contributed by atoms with Crippen molar-refractivity contribution in [2.45, 2.75) is 45.3 Å². The maximum absolute atomic E-state index is 12.3. The number of aromatic nitrogens is 3. The van der Waals surface area contributed by atoms with Gasteiger partial charge in [-0.25, -0.2) is 23.5 Å². The van der Waals surface area contributed by atoms with E-state index in [0.29, 0.717) is 32.5 Å². The van der Waals surface area contributed by atoms with E-state index in [1.54, 1.807) is 18.2 Å². The van der Waals surface area contributed by atoms with Gasteiger partial charge in [0.2, 0.25) is 0 Å². The molecule has 0 aliphatic heterocycles. The van der Waals surface area contributed by atoms with Crippen molar-refractivity contribution in [2.24, 2.45) is 0 Å². The summed E-state index contributed by atoms with van der Waals surface area (Å²) in [7, 11) is 0. The Morgan fingerprint density at radius 2 is 1.20 bits per heavy atom. The van der Waals surface area contributed by atoms with Gasteiger partial charge in [-0.1, -0.05) is 18.2 Å². The number of unbranched alkanes of at least 4 members (excludes halogenated alkanes) is 1. The van der Waals surface area contributed by atoms with Gasteiger partial charge >= 0.3 is 11.4 Å². The molecule has 0 aromatic carbocycles. The average Bonchev–Trinajstić information content (AvgIpc) is 2.67. The van der Waals surface area contributed by atoms with Gasteiger partial charge in [-0.3, -0.25) is 0 Å². The SMILES string of the molecule is C=CCCCn1c(=O)n(CCC=C)n(CCC=C)c1=O. The molecule has 0 atom stereocenters. The second-order valence-electron chi connectivity index (χ2n) is 4.55. The van der Waals surface area contributed by atoms with Crippen molar-refractivity contribution >= 4 is 0 Å². The molecule has 0 N–H and O–H groups in total. The third kappa shape index (κ3) is 3.73. The Bertz CT molecular complexity index is 531. The molecule has 0 radical (unpaired) electrons. The number of nitrogens with zero attached hydrogens (tertiary/aromatic N) is 3. The predicted octanol–water partition coefficient (Wildman–Crippen LogP) is 1.93.